The molecular formula is C37H40ClN3O5S. The Morgan fingerprint density at radius 3 is 2.15 bits per heavy atom. The van der Waals surface area contributed by atoms with Crippen LogP contribution in [0.4, 0.5) is 5.69 Å². The minimum Gasteiger partial charge on any atom is -0.351 e. The first kappa shape index (κ1) is 35.6. The van der Waals surface area contributed by atoms with Gasteiger partial charge in [-0.3, -0.25) is 14.1 Å². The Kier molecular flexibility index (Phi) is 11.8. The maximum absolute atomic E-state index is 13.8. The Labute approximate surface area is 282 Å². The summed E-state index contributed by atoms with van der Waals surface area (Å²) in [6.07, 6.45) is 4.61. The molecule has 10 heteroatoms. The van der Waals surface area contributed by atoms with Crippen LogP contribution in [0.2, 0.25) is 5.02 Å². The summed E-state index contributed by atoms with van der Waals surface area (Å²) in [5.74, 6) is -1.06. The highest BCUT2D eigenvalue weighted by Gasteiger charge is 2.22. The molecule has 246 valence electrons. The molecule has 0 aromatic heterocycles. The summed E-state index contributed by atoms with van der Waals surface area (Å²) in [4.78, 5) is 26.3. The summed E-state index contributed by atoms with van der Waals surface area (Å²) < 4.78 is 32.2. The van der Waals surface area contributed by atoms with Crippen molar-refractivity contribution in [3.05, 3.63) is 130 Å². The number of aryl methyl sites for hydroxylation is 1. The van der Waals surface area contributed by atoms with Gasteiger partial charge < -0.3 is 10.6 Å². The number of rotatable bonds is 12. The number of hydrogen-bond acceptors (Lipinski definition) is 4. The SMILES string of the molecule is Cc1cc(Cl)ccc1-c1ccc(NC(=O)C(Cc2ccc(C(=O)NCCNS(=O)(=O)O)cc2)c2ccc(/C=C/C(C)(C)C)cc2)cc1. The molecule has 0 aliphatic heterocycles. The van der Waals surface area contributed by atoms with Crippen molar-refractivity contribution in [2.75, 3.05) is 18.4 Å². The molecule has 0 aliphatic carbocycles. The molecule has 0 saturated carbocycles. The summed E-state index contributed by atoms with van der Waals surface area (Å²) in [5.41, 5.74) is 7.01. The van der Waals surface area contributed by atoms with E-state index in [1.807, 2.05) is 78.4 Å². The molecule has 8 nitrogen and oxygen atoms in total. The van der Waals surface area contributed by atoms with Crippen LogP contribution in [0.5, 0.6) is 0 Å². The predicted octanol–water partition coefficient (Wildman–Crippen LogP) is 7.46. The van der Waals surface area contributed by atoms with E-state index in [4.69, 9.17) is 16.2 Å². The highest BCUT2D eigenvalue weighted by Crippen LogP contribution is 2.29. The van der Waals surface area contributed by atoms with Crippen LogP contribution in [0.1, 0.15) is 59.3 Å². The average molecular weight is 674 g/mol. The molecule has 47 heavy (non-hydrogen) atoms. The lowest BCUT2D eigenvalue weighted by molar-refractivity contribution is -0.117. The van der Waals surface area contributed by atoms with Crippen molar-refractivity contribution in [3.63, 3.8) is 0 Å². The molecule has 0 spiro atoms. The van der Waals surface area contributed by atoms with Crippen LogP contribution in [0.15, 0.2) is 97.1 Å². The standard InChI is InChI=1S/C37H40ClN3O5S/c1-25-23-31(38)15-18-33(25)28-13-16-32(17-14-28)41-36(43)34(29-9-5-26(6-10-29)19-20-37(2,3)4)24-27-7-11-30(12-8-27)35(42)39-21-22-40-47(44,45)46/h5-20,23,34,40H,21-22,24H2,1-4H3,(H,39,42)(H,41,43)(H,44,45,46)/b20-19+. The predicted molar refractivity (Wildman–Crippen MR) is 190 cm³/mol. The first-order valence-electron chi connectivity index (χ1n) is 15.2. The van der Waals surface area contributed by atoms with Crippen LogP contribution in [-0.2, 0) is 21.5 Å². The summed E-state index contributed by atoms with van der Waals surface area (Å²) in [6.45, 7) is 8.28. The van der Waals surface area contributed by atoms with Gasteiger partial charge in [-0.05, 0) is 88.5 Å². The summed E-state index contributed by atoms with van der Waals surface area (Å²) in [6, 6.07) is 28.4. The fourth-order valence-corrected chi connectivity index (χ4v) is 5.53. The highest BCUT2D eigenvalue weighted by atomic mass is 35.5. The number of carbonyl (C=O) groups is 2. The molecule has 0 radical (unpaired) electrons. The molecule has 0 heterocycles. The molecular weight excluding hydrogens is 634 g/mol. The number of benzene rings is 4. The third-order valence-electron chi connectivity index (χ3n) is 7.43. The zero-order valence-electron chi connectivity index (χ0n) is 26.9. The molecule has 0 aliphatic rings. The Morgan fingerprint density at radius 2 is 1.55 bits per heavy atom. The van der Waals surface area contributed by atoms with Crippen molar-refractivity contribution < 1.29 is 22.6 Å². The molecule has 4 aromatic carbocycles. The van der Waals surface area contributed by atoms with E-state index in [9.17, 15) is 18.0 Å². The lowest BCUT2D eigenvalue weighted by Gasteiger charge is -2.19. The quantitative estimate of drug-likeness (QED) is 0.0918. The highest BCUT2D eigenvalue weighted by molar-refractivity contribution is 7.83. The van der Waals surface area contributed by atoms with Crippen LogP contribution in [0, 0.1) is 12.3 Å². The number of carbonyl (C=O) groups excluding carboxylic acids is 2. The van der Waals surface area contributed by atoms with Gasteiger partial charge >= 0.3 is 10.3 Å². The second-order valence-corrected chi connectivity index (χ2v) is 14.1. The van der Waals surface area contributed by atoms with E-state index in [0.29, 0.717) is 22.7 Å². The molecule has 2 amide bonds. The maximum atomic E-state index is 13.8. The molecule has 1 unspecified atom stereocenters. The molecule has 0 saturated heterocycles. The second kappa shape index (κ2) is 15.5. The van der Waals surface area contributed by atoms with E-state index in [-0.39, 0.29) is 30.3 Å². The fraction of sp³-hybridized carbons (Fsp3) is 0.243. The monoisotopic (exact) mass is 673 g/mol. The van der Waals surface area contributed by atoms with E-state index < -0.39 is 16.2 Å². The van der Waals surface area contributed by atoms with Gasteiger partial charge in [-0.2, -0.15) is 13.1 Å². The number of hydrogen-bond donors (Lipinski definition) is 4. The van der Waals surface area contributed by atoms with E-state index in [1.54, 1.807) is 24.3 Å². The van der Waals surface area contributed by atoms with Crippen molar-refractivity contribution in [3.8, 4) is 11.1 Å². The largest absolute Gasteiger partial charge is 0.351 e. The number of halogens is 1. The van der Waals surface area contributed by atoms with Crippen molar-refractivity contribution in [1.82, 2.24) is 10.0 Å². The number of nitrogens with one attached hydrogen (secondary N) is 3. The number of allylic oxidation sites excluding steroid dienone is 1. The second-order valence-electron chi connectivity index (χ2n) is 12.5. The Hall–Kier alpha value is -4.28. The Bertz CT molecular complexity index is 1830. The maximum Gasteiger partial charge on any atom is 0.333 e. The van der Waals surface area contributed by atoms with Crippen LogP contribution >= 0.6 is 11.6 Å². The smallest absolute Gasteiger partial charge is 0.333 e. The van der Waals surface area contributed by atoms with Gasteiger partial charge in [0.05, 0.1) is 5.92 Å². The topological polar surface area (TPSA) is 125 Å². The first-order chi connectivity index (χ1) is 22.2. The molecule has 0 bridgehead atoms. The average Bonchev–Trinajstić information content (AvgIpc) is 3.01. The Balaban J connectivity index is 1.51. The molecule has 1 atom stereocenters. The van der Waals surface area contributed by atoms with E-state index in [2.05, 4.69) is 43.6 Å². The number of amides is 2. The van der Waals surface area contributed by atoms with Gasteiger partial charge in [0.15, 0.2) is 0 Å². The minimum absolute atomic E-state index is 0.00381. The Morgan fingerprint density at radius 1 is 0.894 bits per heavy atom. The van der Waals surface area contributed by atoms with Crippen LogP contribution < -0.4 is 15.4 Å². The van der Waals surface area contributed by atoms with Gasteiger partial charge in [-0.15, -0.1) is 0 Å². The normalized spacial score (nSPS) is 12.6. The molecule has 4 rings (SSSR count). The zero-order chi connectivity index (χ0) is 34.2. The summed E-state index contributed by atoms with van der Waals surface area (Å²) >= 11 is 6.13. The van der Waals surface area contributed by atoms with Crippen LogP contribution in [0.25, 0.3) is 17.2 Å². The van der Waals surface area contributed by atoms with Gasteiger partial charge in [-0.25, -0.2) is 0 Å². The van der Waals surface area contributed by atoms with Gasteiger partial charge in [0.25, 0.3) is 5.91 Å². The van der Waals surface area contributed by atoms with Crippen molar-refractivity contribution in [2.45, 2.75) is 40.0 Å². The lowest BCUT2D eigenvalue weighted by atomic mass is 9.89. The fourth-order valence-electron chi connectivity index (χ4n) is 4.95. The van der Waals surface area contributed by atoms with Gasteiger partial charge in [0, 0.05) is 29.4 Å². The van der Waals surface area contributed by atoms with Crippen molar-refractivity contribution in [1.29, 1.82) is 0 Å². The van der Waals surface area contributed by atoms with Crippen molar-refractivity contribution in [2.24, 2.45) is 5.41 Å². The summed E-state index contributed by atoms with van der Waals surface area (Å²) in [5, 5.41) is 6.37. The molecule has 4 aromatic rings. The van der Waals surface area contributed by atoms with Gasteiger partial charge in [0.2, 0.25) is 5.91 Å². The third-order valence-corrected chi connectivity index (χ3v) is 8.24. The van der Waals surface area contributed by atoms with Crippen LogP contribution in [-0.4, -0.2) is 37.9 Å². The van der Waals surface area contributed by atoms with E-state index in [1.165, 1.54) is 0 Å². The lowest BCUT2D eigenvalue weighted by Crippen LogP contribution is -2.34. The van der Waals surface area contributed by atoms with Crippen LogP contribution in [0.3, 0.4) is 0 Å². The number of anilines is 1. The minimum atomic E-state index is -4.32. The van der Waals surface area contributed by atoms with E-state index in [0.717, 1.165) is 33.4 Å². The molecule has 4 N–H and O–H groups in total. The molecule has 0 fully saturated rings. The van der Waals surface area contributed by atoms with Gasteiger partial charge in [0.1, 0.15) is 0 Å². The van der Waals surface area contributed by atoms with E-state index >= 15 is 0 Å². The van der Waals surface area contributed by atoms with Crippen molar-refractivity contribution >= 4 is 45.5 Å². The third kappa shape index (κ3) is 11.2. The summed E-state index contributed by atoms with van der Waals surface area (Å²) in [7, 11) is -4.32. The van der Waals surface area contributed by atoms with Gasteiger partial charge in [-0.1, -0.05) is 99.1 Å². The first-order valence-corrected chi connectivity index (χ1v) is 17.0. The zero-order valence-corrected chi connectivity index (χ0v) is 28.5.